The van der Waals surface area contributed by atoms with Gasteiger partial charge in [-0.25, -0.2) is 4.79 Å². The Hall–Kier alpha value is -2.89. The molecule has 6 heteroatoms. The van der Waals surface area contributed by atoms with Gasteiger partial charge in [-0.15, -0.1) is 0 Å². The number of benzene rings is 1. The quantitative estimate of drug-likeness (QED) is 0.760. The molecular weight excluding hydrogens is 332 g/mol. The molecule has 1 aromatic heterocycles. The topological polar surface area (TPSA) is 88.4 Å². The highest BCUT2D eigenvalue weighted by Gasteiger charge is 2.17. The van der Waals surface area contributed by atoms with Gasteiger partial charge in [0.25, 0.3) is 5.91 Å². The summed E-state index contributed by atoms with van der Waals surface area (Å²) in [7, 11) is 0. The van der Waals surface area contributed by atoms with Crippen LogP contribution >= 0.6 is 0 Å². The molecule has 0 atom stereocenters. The van der Waals surface area contributed by atoms with Crippen LogP contribution in [-0.4, -0.2) is 33.9 Å². The number of carboxylic acid groups (broad SMARTS) is 1. The number of carbonyl (C=O) groups is 3. The summed E-state index contributed by atoms with van der Waals surface area (Å²) in [5.74, 6) is -1.47. The van der Waals surface area contributed by atoms with Crippen LogP contribution in [0, 0.1) is 13.8 Å². The van der Waals surface area contributed by atoms with Crippen LogP contribution in [0.2, 0.25) is 0 Å². The van der Waals surface area contributed by atoms with Gasteiger partial charge in [-0.1, -0.05) is 13.3 Å². The van der Waals surface area contributed by atoms with Crippen LogP contribution in [0.5, 0.6) is 0 Å². The second-order valence-corrected chi connectivity index (χ2v) is 6.31. The van der Waals surface area contributed by atoms with Gasteiger partial charge in [-0.05, 0) is 50.6 Å². The number of ketones is 1. The van der Waals surface area contributed by atoms with Crippen molar-refractivity contribution in [2.75, 3.05) is 6.54 Å². The van der Waals surface area contributed by atoms with Gasteiger partial charge < -0.3 is 15.0 Å². The Balaban J connectivity index is 2.29. The Labute approximate surface area is 152 Å². The molecule has 26 heavy (non-hydrogen) atoms. The van der Waals surface area contributed by atoms with Crippen molar-refractivity contribution in [3.05, 3.63) is 52.8 Å². The largest absolute Gasteiger partial charge is 0.478 e. The summed E-state index contributed by atoms with van der Waals surface area (Å²) < 4.78 is 1.80. The zero-order valence-electron chi connectivity index (χ0n) is 15.3. The molecule has 0 aliphatic carbocycles. The first kappa shape index (κ1) is 19.4. The zero-order chi connectivity index (χ0) is 19.3. The lowest BCUT2D eigenvalue weighted by Crippen LogP contribution is -2.29. The van der Waals surface area contributed by atoms with E-state index in [-0.39, 0.29) is 17.9 Å². The Kier molecular flexibility index (Phi) is 6.33. The number of nitrogens with zero attached hydrogens (tertiary/aromatic N) is 1. The number of hydrogen-bond acceptors (Lipinski definition) is 3. The van der Waals surface area contributed by atoms with Gasteiger partial charge in [0.1, 0.15) is 0 Å². The van der Waals surface area contributed by atoms with E-state index in [1.165, 1.54) is 12.1 Å². The SMILES string of the molecule is CCCCC(=O)CNC(=O)c1ccc(C(=O)O)c(-n2c(C)ccc2C)c1. The van der Waals surface area contributed by atoms with Gasteiger partial charge in [0, 0.05) is 23.4 Å². The first-order valence-electron chi connectivity index (χ1n) is 8.67. The lowest BCUT2D eigenvalue weighted by molar-refractivity contribution is -0.118. The molecule has 0 spiro atoms. The van der Waals surface area contributed by atoms with Crippen LogP contribution in [0.15, 0.2) is 30.3 Å². The Morgan fingerprint density at radius 2 is 1.73 bits per heavy atom. The van der Waals surface area contributed by atoms with Crippen LogP contribution < -0.4 is 5.32 Å². The summed E-state index contributed by atoms with van der Waals surface area (Å²) in [6.07, 6.45) is 2.18. The van der Waals surface area contributed by atoms with E-state index in [9.17, 15) is 19.5 Å². The van der Waals surface area contributed by atoms with E-state index in [1.54, 1.807) is 10.6 Å². The van der Waals surface area contributed by atoms with Crippen molar-refractivity contribution < 1.29 is 19.5 Å². The Bertz CT molecular complexity index is 817. The van der Waals surface area contributed by atoms with Gasteiger partial charge in [0.15, 0.2) is 5.78 Å². The third-order valence-corrected chi connectivity index (χ3v) is 4.26. The van der Waals surface area contributed by atoms with Crippen LogP contribution in [0.3, 0.4) is 0 Å². The van der Waals surface area contributed by atoms with E-state index in [0.717, 1.165) is 24.2 Å². The molecule has 0 radical (unpaired) electrons. The van der Waals surface area contributed by atoms with E-state index < -0.39 is 11.9 Å². The molecule has 0 aliphatic heterocycles. The van der Waals surface area contributed by atoms with E-state index in [0.29, 0.717) is 17.7 Å². The average Bonchev–Trinajstić information content (AvgIpc) is 2.95. The predicted molar refractivity (Wildman–Crippen MR) is 99.1 cm³/mol. The molecule has 0 bridgehead atoms. The first-order valence-corrected chi connectivity index (χ1v) is 8.67. The fourth-order valence-corrected chi connectivity index (χ4v) is 2.83. The summed E-state index contributed by atoms with van der Waals surface area (Å²) in [5, 5.41) is 12.1. The fourth-order valence-electron chi connectivity index (χ4n) is 2.83. The lowest BCUT2D eigenvalue weighted by atomic mass is 10.1. The highest BCUT2D eigenvalue weighted by atomic mass is 16.4. The minimum absolute atomic E-state index is 0.0142. The number of hydrogen-bond donors (Lipinski definition) is 2. The molecule has 1 aromatic carbocycles. The second-order valence-electron chi connectivity index (χ2n) is 6.31. The third-order valence-electron chi connectivity index (χ3n) is 4.26. The molecule has 1 heterocycles. The van der Waals surface area contributed by atoms with Crippen LogP contribution in [0.4, 0.5) is 0 Å². The van der Waals surface area contributed by atoms with Crippen molar-refractivity contribution in [2.24, 2.45) is 0 Å². The lowest BCUT2D eigenvalue weighted by Gasteiger charge is -2.14. The van der Waals surface area contributed by atoms with Gasteiger partial charge >= 0.3 is 5.97 Å². The minimum Gasteiger partial charge on any atom is -0.478 e. The summed E-state index contributed by atoms with van der Waals surface area (Å²) >= 11 is 0. The molecule has 1 amide bonds. The number of carboxylic acids is 1. The van der Waals surface area contributed by atoms with E-state index in [2.05, 4.69) is 5.32 Å². The van der Waals surface area contributed by atoms with E-state index >= 15 is 0 Å². The van der Waals surface area contributed by atoms with Crippen LogP contribution in [0.25, 0.3) is 5.69 Å². The molecule has 138 valence electrons. The number of rotatable bonds is 8. The number of aryl methyl sites for hydroxylation is 2. The molecular formula is C20H24N2O4. The number of Topliss-reactive ketones (excluding diaryl/α,β-unsaturated/α-hetero) is 1. The molecule has 0 aliphatic rings. The van der Waals surface area contributed by atoms with Crippen LogP contribution in [-0.2, 0) is 4.79 Å². The number of unbranched alkanes of at least 4 members (excludes halogenated alkanes) is 1. The minimum atomic E-state index is -1.06. The molecule has 2 aromatic rings. The number of aromatic nitrogens is 1. The maximum Gasteiger partial charge on any atom is 0.337 e. The third kappa shape index (κ3) is 4.39. The second kappa shape index (κ2) is 8.47. The molecule has 2 rings (SSSR count). The number of carbonyl (C=O) groups excluding carboxylic acids is 2. The normalized spacial score (nSPS) is 10.6. The van der Waals surface area contributed by atoms with Crippen molar-refractivity contribution >= 4 is 17.7 Å². The molecule has 0 saturated heterocycles. The first-order chi connectivity index (χ1) is 12.3. The highest BCUT2D eigenvalue weighted by Crippen LogP contribution is 2.22. The summed E-state index contributed by atoms with van der Waals surface area (Å²) in [6.45, 7) is 5.73. The number of nitrogens with one attached hydrogen (secondary N) is 1. The Morgan fingerprint density at radius 1 is 1.08 bits per heavy atom. The van der Waals surface area contributed by atoms with Gasteiger partial charge in [-0.3, -0.25) is 9.59 Å². The molecule has 0 fully saturated rings. The van der Waals surface area contributed by atoms with Gasteiger partial charge in [0.05, 0.1) is 17.8 Å². The number of aromatic carboxylic acids is 1. The van der Waals surface area contributed by atoms with Crippen molar-refractivity contribution in [2.45, 2.75) is 40.0 Å². The maximum absolute atomic E-state index is 12.4. The smallest absolute Gasteiger partial charge is 0.337 e. The summed E-state index contributed by atoms with van der Waals surface area (Å²) in [5.41, 5.74) is 2.61. The van der Waals surface area contributed by atoms with Crippen molar-refractivity contribution in [3.63, 3.8) is 0 Å². The number of amides is 1. The average molecular weight is 356 g/mol. The van der Waals surface area contributed by atoms with Crippen molar-refractivity contribution in [3.8, 4) is 5.69 Å². The molecule has 6 nitrogen and oxygen atoms in total. The fraction of sp³-hybridized carbons (Fsp3) is 0.350. The van der Waals surface area contributed by atoms with Gasteiger partial charge in [-0.2, -0.15) is 0 Å². The van der Waals surface area contributed by atoms with Crippen molar-refractivity contribution in [1.82, 2.24) is 9.88 Å². The van der Waals surface area contributed by atoms with E-state index in [1.807, 2.05) is 32.9 Å². The summed E-state index contributed by atoms with van der Waals surface area (Å²) in [6, 6.07) is 8.22. The highest BCUT2D eigenvalue weighted by molar-refractivity contribution is 5.99. The molecule has 0 unspecified atom stereocenters. The summed E-state index contributed by atoms with van der Waals surface area (Å²) in [4.78, 5) is 35.7. The zero-order valence-corrected chi connectivity index (χ0v) is 15.3. The van der Waals surface area contributed by atoms with Gasteiger partial charge in [0.2, 0.25) is 0 Å². The van der Waals surface area contributed by atoms with Crippen LogP contribution in [0.1, 0.15) is 58.3 Å². The molecule has 2 N–H and O–H groups in total. The standard InChI is InChI=1S/C20H24N2O4/c1-4-5-6-16(23)12-21-19(24)15-9-10-17(20(25)26)18(11-15)22-13(2)7-8-14(22)3/h7-11H,4-6,12H2,1-3H3,(H,21,24)(H,25,26). The molecule has 0 saturated carbocycles. The Morgan fingerprint density at radius 3 is 2.31 bits per heavy atom. The predicted octanol–water partition coefficient (Wildman–Crippen LogP) is 3.28. The monoisotopic (exact) mass is 356 g/mol. The van der Waals surface area contributed by atoms with Crippen molar-refractivity contribution in [1.29, 1.82) is 0 Å². The van der Waals surface area contributed by atoms with E-state index in [4.69, 9.17) is 0 Å². The maximum atomic E-state index is 12.4.